The van der Waals surface area contributed by atoms with E-state index in [1.165, 1.54) is 0 Å². The summed E-state index contributed by atoms with van der Waals surface area (Å²) < 4.78 is 0. The molecule has 1 saturated heterocycles. The lowest BCUT2D eigenvalue weighted by Crippen LogP contribution is -2.43. The number of carbonyl (C=O) groups is 2. The third-order valence-electron chi connectivity index (χ3n) is 3.75. The summed E-state index contributed by atoms with van der Waals surface area (Å²) in [5.74, 6) is -0.251. The van der Waals surface area contributed by atoms with Crippen LogP contribution in [0.3, 0.4) is 0 Å². The fourth-order valence-electron chi connectivity index (χ4n) is 2.50. The molecule has 0 saturated carbocycles. The van der Waals surface area contributed by atoms with E-state index in [9.17, 15) is 9.59 Å². The summed E-state index contributed by atoms with van der Waals surface area (Å²) in [5.41, 5.74) is 6.86. The second-order valence-corrected chi connectivity index (χ2v) is 5.23. The van der Waals surface area contributed by atoms with Gasteiger partial charge in [-0.15, -0.1) is 0 Å². The zero-order chi connectivity index (χ0) is 14.5. The average Bonchev–Trinajstić information content (AvgIpc) is 2.46. The van der Waals surface area contributed by atoms with Gasteiger partial charge in [0.15, 0.2) is 0 Å². The summed E-state index contributed by atoms with van der Waals surface area (Å²) in [4.78, 5) is 24.3. The van der Waals surface area contributed by atoms with E-state index in [1.54, 1.807) is 13.0 Å². The molecule has 2 rings (SSSR count). The quantitative estimate of drug-likeness (QED) is 0.856. The predicted molar refractivity (Wildman–Crippen MR) is 77.1 cm³/mol. The average molecular weight is 275 g/mol. The Morgan fingerprint density at radius 3 is 2.65 bits per heavy atom. The summed E-state index contributed by atoms with van der Waals surface area (Å²) in [7, 11) is 0. The van der Waals surface area contributed by atoms with Gasteiger partial charge < -0.3 is 16.0 Å². The first-order valence-electron chi connectivity index (χ1n) is 6.94. The van der Waals surface area contributed by atoms with Crippen LogP contribution in [0.2, 0.25) is 0 Å². The van der Waals surface area contributed by atoms with E-state index in [1.807, 2.05) is 23.1 Å². The molecule has 2 amide bonds. The number of benzene rings is 1. The number of carbonyl (C=O) groups excluding carboxylic acids is 2. The maximum Gasteiger partial charge on any atom is 0.248 e. The van der Waals surface area contributed by atoms with Crippen molar-refractivity contribution in [3.05, 3.63) is 35.4 Å². The molecule has 1 fully saturated rings. The Morgan fingerprint density at radius 2 is 2.05 bits per heavy atom. The van der Waals surface area contributed by atoms with Crippen LogP contribution in [0.4, 0.5) is 0 Å². The molecule has 1 heterocycles. The number of hydrogen-bond donors (Lipinski definition) is 2. The Balaban J connectivity index is 1.83. The van der Waals surface area contributed by atoms with E-state index >= 15 is 0 Å². The van der Waals surface area contributed by atoms with Crippen molar-refractivity contribution in [1.82, 2.24) is 10.2 Å². The zero-order valence-electron chi connectivity index (χ0n) is 11.8. The maximum absolute atomic E-state index is 11.2. The summed E-state index contributed by atoms with van der Waals surface area (Å²) >= 11 is 0. The van der Waals surface area contributed by atoms with Crippen molar-refractivity contribution in [2.24, 2.45) is 5.73 Å². The second-order valence-electron chi connectivity index (χ2n) is 5.23. The van der Waals surface area contributed by atoms with Crippen molar-refractivity contribution >= 4 is 11.8 Å². The van der Waals surface area contributed by atoms with Crippen molar-refractivity contribution in [3.63, 3.8) is 0 Å². The molecule has 20 heavy (non-hydrogen) atoms. The van der Waals surface area contributed by atoms with Crippen molar-refractivity contribution in [2.45, 2.75) is 32.4 Å². The number of piperidine rings is 1. The lowest BCUT2D eigenvalue weighted by molar-refractivity contribution is -0.129. The number of primary amides is 1. The fourth-order valence-corrected chi connectivity index (χ4v) is 2.50. The number of likely N-dealkylation sites (tertiary alicyclic amines) is 1. The largest absolute Gasteiger partial charge is 0.366 e. The first kappa shape index (κ1) is 14.5. The lowest BCUT2D eigenvalue weighted by atomic mass is 10.0. The summed E-state index contributed by atoms with van der Waals surface area (Å²) in [6, 6.07) is 7.78. The zero-order valence-corrected chi connectivity index (χ0v) is 11.8. The van der Waals surface area contributed by atoms with Gasteiger partial charge in [-0.1, -0.05) is 12.1 Å². The van der Waals surface area contributed by atoms with Crippen LogP contribution >= 0.6 is 0 Å². The maximum atomic E-state index is 11.2. The van der Waals surface area contributed by atoms with Gasteiger partial charge in [0.2, 0.25) is 11.8 Å². The molecule has 0 radical (unpaired) electrons. The molecule has 3 N–H and O–H groups in total. The van der Waals surface area contributed by atoms with Crippen LogP contribution in [0.25, 0.3) is 0 Å². The number of hydrogen-bond acceptors (Lipinski definition) is 3. The van der Waals surface area contributed by atoms with E-state index in [0.29, 0.717) is 18.2 Å². The molecular weight excluding hydrogens is 254 g/mol. The van der Waals surface area contributed by atoms with Gasteiger partial charge in [0.05, 0.1) is 0 Å². The molecule has 0 unspecified atom stereocenters. The molecule has 108 valence electrons. The summed E-state index contributed by atoms with van der Waals surface area (Å²) in [6.45, 7) is 3.96. The predicted octanol–water partition coefficient (Wildman–Crippen LogP) is 0.886. The highest BCUT2D eigenvalue weighted by molar-refractivity contribution is 5.92. The minimum absolute atomic E-state index is 0.151. The molecule has 5 nitrogen and oxygen atoms in total. The molecule has 1 aromatic rings. The van der Waals surface area contributed by atoms with Crippen LogP contribution in [0.1, 0.15) is 35.7 Å². The SMILES string of the molecule is CC(=O)N1CCC(NCc2cccc(C(N)=O)c2)CC1. The van der Waals surface area contributed by atoms with E-state index in [2.05, 4.69) is 5.32 Å². The highest BCUT2D eigenvalue weighted by Gasteiger charge is 2.19. The second kappa shape index (κ2) is 6.52. The first-order valence-corrected chi connectivity index (χ1v) is 6.94. The highest BCUT2D eigenvalue weighted by Crippen LogP contribution is 2.12. The Bertz CT molecular complexity index is 494. The minimum Gasteiger partial charge on any atom is -0.366 e. The van der Waals surface area contributed by atoms with Gasteiger partial charge in [0, 0.05) is 38.2 Å². The van der Waals surface area contributed by atoms with E-state index in [-0.39, 0.29) is 5.91 Å². The first-order chi connectivity index (χ1) is 9.56. The van der Waals surface area contributed by atoms with Gasteiger partial charge in [-0.2, -0.15) is 0 Å². The van der Waals surface area contributed by atoms with Crippen molar-refractivity contribution in [2.75, 3.05) is 13.1 Å². The van der Waals surface area contributed by atoms with Gasteiger partial charge in [-0.05, 0) is 30.5 Å². The third-order valence-corrected chi connectivity index (χ3v) is 3.75. The topological polar surface area (TPSA) is 75.4 Å². The van der Waals surface area contributed by atoms with Gasteiger partial charge in [0.25, 0.3) is 0 Å². The Kier molecular flexibility index (Phi) is 4.74. The van der Waals surface area contributed by atoms with Gasteiger partial charge in [-0.3, -0.25) is 9.59 Å². The molecule has 5 heteroatoms. The Morgan fingerprint density at radius 1 is 1.35 bits per heavy atom. The standard InChI is InChI=1S/C15H21N3O2/c1-11(19)18-7-5-14(6-8-18)17-10-12-3-2-4-13(9-12)15(16)20/h2-4,9,14,17H,5-8,10H2,1H3,(H2,16,20). The van der Waals surface area contributed by atoms with Gasteiger partial charge in [-0.25, -0.2) is 0 Å². The van der Waals surface area contributed by atoms with Crippen LogP contribution in [0.15, 0.2) is 24.3 Å². The fraction of sp³-hybridized carbons (Fsp3) is 0.467. The summed E-state index contributed by atoms with van der Waals surface area (Å²) in [5, 5.41) is 3.47. The molecule has 0 aromatic heterocycles. The molecule has 1 aliphatic heterocycles. The number of nitrogens with two attached hydrogens (primary N) is 1. The van der Waals surface area contributed by atoms with E-state index in [0.717, 1.165) is 31.5 Å². The number of rotatable bonds is 4. The number of nitrogens with one attached hydrogen (secondary N) is 1. The molecule has 1 aliphatic rings. The van der Waals surface area contributed by atoms with Crippen molar-refractivity contribution < 1.29 is 9.59 Å². The normalized spacial score (nSPS) is 16.1. The van der Waals surface area contributed by atoms with E-state index in [4.69, 9.17) is 5.73 Å². The third kappa shape index (κ3) is 3.81. The smallest absolute Gasteiger partial charge is 0.248 e. The number of nitrogens with zero attached hydrogens (tertiary/aromatic N) is 1. The minimum atomic E-state index is -0.401. The van der Waals surface area contributed by atoms with Gasteiger partial charge >= 0.3 is 0 Å². The van der Waals surface area contributed by atoms with Crippen LogP contribution in [0.5, 0.6) is 0 Å². The van der Waals surface area contributed by atoms with Gasteiger partial charge in [0.1, 0.15) is 0 Å². The van der Waals surface area contributed by atoms with Crippen LogP contribution in [0, 0.1) is 0 Å². The van der Waals surface area contributed by atoms with Crippen LogP contribution in [-0.2, 0) is 11.3 Å². The monoisotopic (exact) mass is 275 g/mol. The molecule has 0 aliphatic carbocycles. The van der Waals surface area contributed by atoms with Crippen molar-refractivity contribution in [1.29, 1.82) is 0 Å². The highest BCUT2D eigenvalue weighted by atomic mass is 16.2. The molecule has 1 aromatic carbocycles. The van der Waals surface area contributed by atoms with Crippen LogP contribution < -0.4 is 11.1 Å². The number of amides is 2. The van der Waals surface area contributed by atoms with Crippen molar-refractivity contribution in [3.8, 4) is 0 Å². The molecule has 0 bridgehead atoms. The van der Waals surface area contributed by atoms with E-state index < -0.39 is 5.91 Å². The van der Waals surface area contributed by atoms with Crippen LogP contribution in [-0.4, -0.2) is 35.8 Å². The molecular formula is C15H21N3O2. The Hall–Kier alpha value is -1.88. The lowest BCUT2D eigenvalue weighted by Gasteiger charge is -2.31. The summed E-state index contributed by atoms with van der Waals surface area (Å²) in [6.07, 6.45) is 1.93. The molecule has 0 atom stereocenters. The molecule has 0 spiro atoms. The Labute approximate surface area is 119 Å².